The van der Waals surface area contributed by atoms with Gasteiger partial charge in [-0.1, -0.05) is 0 Å². The molecule has 1 unspecified atom stereocenters. The highest BCUT2D eigenvalue weighted by Crippen LogP contribution is 2.35. The van der Waals surface area contributed by atoms with Gasteiger partial charge in [0.1, 0.15) is 9.88 Å². The fourth-order valence-corrected chi connectivity index (χ4v) is 3.06. The molecule has 6 N–H and O–H groups in total. The largest absolute Gasteiger partial charge is 0.397 e. The average Bonchev–Trinajstić information content (AvgIpc) is 3.03. The van der Waals surface area contributed by atoms with E-state index >= 15 is 0 Å². The van der Waals surface area contributed by atoms with Crippen molar-refractivity contribution in [2.45, 2.75) is 6.42 Å². The van der Waals surface area contributed by atoms with Crippen molar-refractivity contribution in [1.82, 2.24) is 5.32 Å². The second-order valence-electron chi connectivity index (χ2n) is 4.60. The highest BCUT2D eigenvalue weighted by Gasteiger charge is 2.25. The quantitative estimate of drug-likeness (QED) is 0.620. The van der Waals surface area contributed by atoms with E-state index in [1.54, 1.807) is 0 Å². The van der Waals surface area contributed by atoms with Crippen LogP contribution in [0.3, 0.4) is 0 Å². The van der Waals surface area contributed by atoms with Crippen LogP contribution in [0.15, 0.2) is 0 Å². The summed E-state index contributed by atoms with van der Waals surface area (Å²) in [5.41, 5.74) is 11.5. The van der Waals surface area contributed by atoms with Crippen molar-refractivity contribution < 1.29 is 14.3 Å². The van der Waals surface area contributed by atoms with E-state index in [1.807, 2.05) is 0 Å². The highest BCUT2D eigenvalue weighted by molar-refractivity contribution is 7.19. The van der Waals surface area contributed by atoms with Crippen LogP contribution in [0.25, 0.3) is 0 Å². The molecule has 7 nitrogen and oxygen atoms in total. The predicted molar refractivity (Wildman–Crippen MR) is 78.1 cm³/mol. The van der Waals surface area contributed by atoms with Gasteiger partial charge in [0.05, 0.1) is 17.9 Å². The topological polar surface area (TPSA) is 119 Å². The van der Waals surface area contributed by atoms with Crippen molar-refractivity contribution in [3.63, 3.8) is 0 Å². The Labute approximate surface area is 120 Å². The molecule has 110 valence electrons. The molecule has 8 heteroatoms. The minimum atomic E-state index is -0.630. The number of nitrogens with two attached hydrogens (primary N) is 2. The Bertz CT molecular complexity index is 523. The first-order chi connectivity index (χ1) is 9.54. The molecule has 0 radical (unpaired) electrons. The summed E-state index contributed by atoms with van der Waals surface area (Å²) in [6, 6.07) is 0. The number of nitrogen functional groups attached to an aromatic ring is 1. The Kier molecular flexibility index (Phi) is 4.46. The van der Waals surface area contributed by atoms with E-state index in [2.05, 4.69) is 10.6 Å². The van der Waals surface area contributed by atoms with Crippen molar-refractivity contribution in [3.8, 4) is 0 Å². The third-order valence-electron chi connectivity index (χ3n) is 3.20. The molecule has 0 bridgehead atoms. The molecule has 1 atom stereocenters. The third kappa shape index (κ3) is 2.86. The van der Waals surface area contributed by atoms with Gasteiger partial charge in [-0.25, -0.2) is 0 Å². The fraction of sp³-hybridized carbons (Fsp3) is 0.500. The first-order valence-corrected chi connectivity index (χ1v) is 7.12. The number of rotatable bonds is 5. The molecule has 20 heavy (non-hydrogen) atoms. The number of hydrogen-bond donors (Lipinski definition) is 4. The van der Waals surface area contributed by atoms with Crippen LogP contribution in [0.2, 0.25) is 0 Å². The highest BCUT2D eigenvalue weighted by atomic mass is 32.1. The van der Waals surface area contributed by atoms with E-state index in [9.17, 15) is 9.59 Å². The van der Waals surface area contributed by atoms with Gasteiger partial charge in [0.2, 0.25) is 0 Å². The van der Waals surface area contributed by atoms with Crippen LogP contribution < -0.4 is 22.1 Å². The zero-order chi connectivity index (χ0) is 14.7. The monoisotopic (exact) mass is 298 g/mol. The third-order valence-corrected chi connectivity index (χ3v) is 4.38. The van der Waals surface area contributed by atoms with Gasteiger partial charge in [0.15, 0.2) is 0 Å². The number of anilines is 2. The molecule has 0 aromatic carbocycles. The number of ether oxygens (including phenoxy) is 1. The lowest BCUT2D eigenvalue weighted by Gasteiger charge is -2.10. The maximum absolute atomic E-state index is 11.9. The maximum atomic E-state index is 11.9. The summed E-state index contributed by atoms with van der Waals surface area (Å²) in [7, 11) is 1.51. The number of amides is 2. The molecule has 1 aromatic heterocycles. The molecule has 2 amide bonds. The summed E-state index contributed by atoms with van der Waals surface area (Å²) in [5.74, 6) is -0.570. The van der Waals surface area contributed by atoms with Gasteiger partial charge >= 0.3 is 0 Å². The lowest BCUT2D eigenvalue weighted by molar-refractivity contribution is 0.0965. The molecule has 1 aliphatic rings. The Hall–Kier alpha value is -1.80. The Balaban J connectivity index is 2.22. The molecule has 2 heterocycles. The molecule has 0 spiro atoms. The van der Waals surface area contributed by atoms with E-state index in [0.717, 1.165) is 24.4 Å². The summed E-state index contributed by atoms with van der Waals surface area (Å²) >= 11 is 1.11. The molecule has 2 rings (SSSR count). The van der Waals surface area contributed by atoms with E-state index in [0.29, 0.717) is 24.1 Å². The minimum absolute atomic E-state index is 0.132. The standard InChI is InChI=1S/C12H18N4O3S/c1-15-11(18)7-8(13)9(10(14)17)20-12(7)16-4-6-2-3-19-5-6/h6,16H,2-5,13H2,1H3,(H2,14,17)(H,15,18). The normalized spacial score (nSPS) is 17.9. The first kappa shape index (κ1) is 14.6. The summed E-state index contributed by atoms with van der Waals surface area (Å²) < 4.78 is 5.30. The summed E-state index contributed by atoms with van der Waals surface area (Å²) in [6.45, 7) is 2.13. The number of nitrogens with one attached hydrogen (secondary N) is 2. The molecular formula is C12H18N4O3S. The zero-order valence-electron chi connectivity index (χ0n) is 11.2. The molecular weight excluding hydrogens is 280 g/mol. The van der Waals surface area contributed by atoms with E-state index in [1.165, 1.54) is 7.05 Å². The predicted octanol–water partition coefficient (Wildman–Crippen LogP) is 0.237. The molecule has 1 saturated heterocycles. The Morgan fingerprint density at radius 3 is 2.80 bits per heavy atom. The van der Waals surface area contributed by atoms with Crippen LogP contribution in [0.5, 0.6) is 0 Å². The molecule has 1 fully saturated rings. The van der Waals surface area contributed by atoms with Gasteiger partial charge in [0.25, 0.3) is 11.8 Å². The van der Waals surface area contributed by atoms with Gasteiger partial charge < -0.3 is 26.8 Å². The van der Waals surface area contributed by atoms with E-state index in [4.69, 9.17) is 16.2 Å². The van der Waals surface area contributed by atoms with Crippen LogP contribution in [0.4, 0.5) is 10.7 Å². The van der Waals surface area contributed by atoms with E-state index in [-0.39, 0.29) is 22.0 Å². The second kappa shape index (κ2) is 6.10. The van der Waals surface area contributed by atoms with Gasteiger partial charge in [-0.3, -0.25) is 9.59 Å². The Morgan fingerprint density at radius 2 is 2.25 bits per heavy atom. The molecule has 0 saturated carbocycles. The number of carbonyl (C=O) groups excluding carboxylic acids is 2. The molecule has 0 aliphatic carbocycles. The van der Waals surface area contributed by atoms with Crippen LogP contribution in [0, 0.1) is 5.92 Å². The van der Waals surface area contributed by atoms with Crippen LogP contribution in [-0.2, 0) is 4.74 Å². The SMILES string of the molecule is CNC(=O)c1c(NCC2CCOC2)sc(C(N)=O)c1N. The van der Waals surface area contributed by atoms with Gasteiger partial charge in [-0.15, -0.1) is 11.3 Å². The summed E-state index contributed by atoms with van der Waals surface area (Å²) in [5, 5.41) is 6.26. The van der Waals surface area contributed by atoms with Crippen molar-refractivity contribution in [1.29, 1.82) is 0 Å². The van der Waals surface area contributed by atoms with Gasteiger partial charge in [0, 0.05) is 26.1 Å². The van der Waals surface area contributed by atoms with Crippen LogP contribution in [0.1, 0.15) is 26.5 Å². The number of thiophene rings is 1. The Morgan fingerprint density at radius 1 is 1.50 bits per heavy atom. The van der Waals surface area contributed by atoms with Crippen molar-refractivity contribution >= 4 is 33.8 Å². The van der Waals surface area contributed by atoms with E-state index < -0.39 is 5.91 Å². The van der Waals surface area contributed by atoms with Gasteiger partial charge in [-0.2, -0.15) is 0 Å². The summed E-state index contributed by atoms with van der Waals surface area (Å²) in [4.78, 5) is 23.4. The van der Waals surface area contributed by atoms with Crippen molar-refractivity contribution in [2.75, 3.05) is 37.9 Å². The lowest BCUT2D eigenvalue weighted by Crippen LogP contribution is -2.21. The van der Waals surface area contributed by atoms with Crippen LogP contribution >= 0.6 is 11.3 Å². The zero-order valence-corrected chi connectivity index (χ0v) is 12.0. The van der Waals surface area contributed by atoms with Crippen molar-refractivity contribution in [2.24, 2.45) is 11.7 Å². The summed E-state index contributed by atoms with van der Waals surface area (Å²) in [6.07, 6.45) is 0.978. The number of primary amides is 1. The van der Waals surface area contributed by atoms with Crippen molar-refractivity contribution in [3.05, 3.63) is 10.4 Å². The number of hydrogen-bond acceptors (Lipinski definition) is 6. The smallest absolute Gasteiger partial charge is 0.260 e. The van der Waals surface area contributed by atoms with Crippen LogP contribution in [-0.4, -0.2) is 38.6 Å². The first-order valence-electron chi connectivity index (χ1n) is 6.30. The maximum Gasteiger partial charge on any atom is 0.260 e. The minimum Gasteiger partial charge on any atom is -0.397 e. The molecule has 1 aromatic rings. The fourth-order valence-electron chi connectivity index (χ4n) is 2.08. The van der Waals surface area contributed by atoms with Gasteiger partial charge in [-0.05, 0) is 6.42 Å². The number of carbonyl (C=O) groups is 2. The average molecular weight is 298 g/mol. The molecule has 1 aliphatic heterocycles. The second-order valence-corrected chi connectivity index (χ2v) is 5.62. The lowest BCUT2D eigenvalue weighted by atomic mass is 10.1.